The Bertz CT molecular complexity index is 407. The van der Waals surface area contributed by atoms with E-state index in [1.54, 1.807) is 12.1 Å². The molecule has 3 N–H and O–H groups in total. The normalized spacial score (nSPS) is 20.9. The van der Waals surface area contributed by atoms with Crippen LogP contribution in [-0.4, -0.2) is 27.6 Å². The molecule has 0 spiro atoms. The first kappa shape index (κ1) is 12.7. The van der Waals surface area contributed by atoms with E-state index in [0.29, 0.717) is 10.9 Å². The fraction of sp³-hybridized carbons (Fsp3) is 0.538. The number of aromatic hydroxyl groups is 2. The van der Waals surface area contributed by atoms with Crippen molar-refractivity contribution in [2.45, 2.75) is 37.1 Å². The third-order valence-corrected chi connectivity index (χ3v) is 3.54. The Morgan fingerprint density at radius 3 is 2.65 bits per heavy atom. The lowest BCUT2D eigenvalue weighted by Crippen LogP contribution is -2.37. The summed E-state index contributed by atoms with van der Waals surface area (Å²) in [6.07, 6.45) is 2.96. The van der Waals surface area contributed by atoms with Crippen LogP contribution >= 0.6 is 15.9 Å². The lowest BCUT2D eigenvalue weighted by molar-refractivity contribution is 0.398. The third kappa shape index (κ3) is 3.13. The summed E-state index contributed by atoms with van der Waals surface area (Å²) in [4.78, 5) is 0.470. The maximum Gasteiger partial charge on any atom is 0.157 e. The number of benzene rings is 1. The van der Waals surface area contributed by atoms with Gasteiger partial charge in [-0.05, 0) is 42.5 Å². The van der Waals surface area contributed by atoms with E-state index in [9.17, 15) is 10.2 Å². The molecule has 0 aliphatic heterocycles. The van der Waals surface area contributed by atoms with Crippen molar-refractivity contribution in [1.29, 1.82) is 0 Å². The molecule has 0 heterocycles. The molecule has 2 rings (SSSR count). The van der Waals surface area contributed by atoms with E-state index in [1.807, 2.05) is 0 Å². The molecule has 2 atom stereocenters. The van der Waals surface area contributed by atoms with Crippen molar-refractivity contribution >= 4 is 15.9 Å². The molecule has 4 heteroatoms. The lowest BCUT2D eigenvalue weighted by Gasteiger charge is -2.26. The SMILES string of the molecule is CC(Br)CNC1CCc2cc(O)c(O)cc2C1. The zero-order valence-corrected chi connectivity index (χ0v) is 11.5. The second kappa shape index (κ2) is 5.27. The van der Waals surface area contributed by atoms with Crippen LogP contribution in [0.4, 0.5) is 0 Å². The lowest BCUT2D eigenvalue weighted by atomic mass is 9.88. The molecule has 2 unspecified atom stereocenters. The Kier molecular flexibility index (Phi) is 3.94. The van der Waals surface area contributed by atoms with Gasteiger partial charge in [-0.3, -0.25) is 0 Å². The Labute approximate surface area is 110 Å². The van der Waals surface area contributed by atoms with E-state index in [0.717, 1.165) is 36.9 Å². The van der Waals surface area contributed by atoms with Gasteiger partial charge in [0.15, 0.2) is 11.5 Å². The van der Waals surface area contributed by atoms with Crippen molar-refractivity contribution in [3.05, 3.63) is 23.3 Å². The summed E-state index contributed by atoms with van der Waals surface area (Å²) in [6, 6.07) is 3.84. The van der Waals surface area contributed by atoms with Crippen LogP contribution in [0.2, 0.25) is 0 Å². The number of fused-ring (bicyclic) bond motifs is 1. The van der Waals surface area contributed by atoms with Crippen molar-refractivity contribution in [2.75, 3.05) is 6.54 Å². The highest BCUT2D eigenvalue weighted by Crippen LogP contribution is 2.32. The molecule has 0 aromatic heterocycles. The van der Waals surface area contributed by atoms with Gasteiger partial charge >= 0.3 is 0 Å². The number of nitrogens with one attached hydrogen (secondary N) is 1. The fourth-order valence-electron chi connectivity index (χ4n) is 2.29. The number of hydrogen-bond donors (Lipinski definition) is 3. The molecule has 0 amide bonds. The van der Waals surface area contributed by atoms with E-state index in [-0.39, 0.29) is 11.5 Å². The Balaban J connectivity index is 2.05. The molecule has 1 aromatic rings. The molecule has 0 bridgehead atoms. The van der Waals surface area contributed by atoms with Gasteiger partial charge in [0.1, 0.15) is 0 Å². The summed E-state index contributed by atoms with van der Waals surface area (Å²) in [6.45, 7) is 3.07. The highest BCUT2D eigenvalue weighted by Gasteiger charge is 2.20. The molecule has 0 saturated carbocycles. The summed E-state index contributed by atoms with van der Waals surface area (Å²) >= 11 is 3.52. The van der Waals surface area contributed by atoms with Crippen LogP contribution in [0.15, 0.2) is 12.1 Å². The fourth-order valence-corrected chi connectivity index (χ4v) is 2.47. The molecule has 1 aliphatic rings. The minimum Gasteiger partial charge on any atom is -0.504 e. The van der Waals surface area contributed by atoms with Gasteiger partial charge in [-0.2, -0.15) is 0 Å². The van der Waals surface area contributed by atoms with E-state index < -0.39 is 0 Å². The number of aryl methyl sites for hydroxylation is 1. The van der Waals surface area contributed by atoms with Crippen molar-refractivity contribution in [3.8, 4) is 11.5 Å². The van der Waals surface area contributed by atoms with Gasteiger partial charge in [0.2, 0.25) is 0 Å². The largest absolute Gasteiger partial charge is 0.504 e. The quantitative estimate of drug-likeness (QED) is 0.593. The van der Waals surface area contributed by atoms with Crippen LogP contribution in [-0.2, 0) is 12.8 Å². The molecule has 0 radical (unpaired) electrons. The zero-order chi connectivity index (χ0) is 12.4. The molecule has 17 heavy (non-hydrogen) atoms. The minimum atomic E-state index is -0.0155. The second-order valence-electron chi connectivity index (χ2n) is 4.74. The predicted molar refractivity (Wildman–Crippen MR) is 72.0 cm³/mol. The summed E-state index contributed by atoms with van der Waals surface area (Å²) < 4.78 is 0. The minimum absolute atomic E-state index is 0.00996. The number of hydrogen-bond acceptors (Lipinski definition) is 3. The molecule has 0 saturated heterocycles. The molecule has 0 fully saturated rings. The number of rotatable bonds is 3. The van der Waals surface area contributed by atoms with Gasteiger partial charge in [-0.1, -0.05) is 22.9 Å². The Hall–Kier alpha value is -0.740. The number of phenols is 2. The van der Waals surface area contributed by atoms with E-state index in [4.69, 9.17) is 0 Å². The highest BCUT2D eigenvalue weighted by molar-refractivity contribution is 9.09. The average molecular weight is 300 g/mol. The monoisotopic (exact) mass is 299 g/mol. The van der Waals surface area contributed by atoms with Crippen LogP contribution in [0, 0.1) is 0 Å². The Morgan fingerprint density at radius 1 is 1.35 bits per heavy atom. The molecule has 3 nitrogen and oxygen atoms in total. The topological polar surface area (TPSA) is 52.5 Å². The van der Waals surface area contributed by atoms with Gasteiger partial charge < -0.3 is 15.5 Å². The molecule has 1 aliphatic carbocycles. The molecular weight excluding hydrogens is 282 g/mol. The summed E-state index contributed by atoms with van der Waals surface area (Å²) in [7, 11) is 0. The highest BCUT2D eigenvalue weighted by atomic mass is 79.9. The van der Waals surface area contributed by atoms with Crippen molar-refractivity contribution in [2.24, 2.45) is 0 Å². The summed E-state index contributed by atoms with van der Waals surface area (Å²) in [5, 5.41) is 22.5. The average Bonchev–Trinajstić information content (AvgIpc) is 2.28. The third-order valence-electron chi connectivity index (χ3n) is 3.21. The molecular formula is C13H18BrNO2. The van der Waals surface area contributed by atoms with Gasteiger partial charge in [-0.25, -0.2) is 0 Å². The molecule has 94 valence electrons. The van der Waals surface area contributed by atoms with Crippen LogP contribution in [0.1, 0.15) is 24.5 Å². The summed E-state index contributed by atoms with van der Waals surface area (Å²) in [5.74, 6) is -0.0255. The number of halogens is 1. The first-order chi connectivity index (χ1) is 8.06. The standard InChI is InChI=1S/C13H18BrNO2/c1-8(14)7-15-11-3-2-9-5-12(16)13(17)6-10(9)4-11/h5-6,8,11,15-17H,2-4,7H2,1H3. The van der Waals surface area contributed by atoms with E-state index >= 15 is 0 Å². The summed E-state index contributed by atoms with van der Waals surface area (Å²) in [5.41, 5.74) is 2.30. The van der Waals surface area contributed by atoms with Crippen LogP contribution in [0.25, 0.3) is 0 Å². The van der Waals surface area contributed by atoms with Crippen molar-refractivity contribution < 1.29 is 10.2 Å². The zero-order valence-electron chi connectivity index (χ0n) is 9.91. The van der Waals surface area contributed by atoms with Crippen molar-refractivity contribution in [1.82, 2.24) is 5.32 Å². The van der Waals surface area contributed by atoms with Gasteiger partial charge in [0.05, 0.1) is 0 Å². The van der Waals surface area contributed by atoms with Gasteiger partial charge in [-0.15, -0.1) is 0 Å². The van der Waals surface area contributed by atoms with Gasteiger partial charge in [0.25, 0.3) is 0 Å². The van der Waals surface area contributed by atoms with Crippen LogP contribution < -0.4 is 5.32 Å². The van der Waals surface area contributed by atoms with E-state index in [1.165, 1.54) is 0 Å². The van der Waals surface area contributed by atoms with E-state index in [2.05, 4.69) is 28.2 Å². The number of alkyl halides is 1. The smallest absolute Gasteiger partial charge is 0.157 e. The Morgan fingerprint density at radius 2 is 2.00 bits per heavy atom. The van der Waals surface area contributed by atoms with Gasteiger partial charge in [0, 0.05) is 17.4 Å². The first-order valence-electron chi connectivity index (χ1n) is 5.97. The maximum atomic E-state index is 9.50. The van der Waals surface area contributed by atoms with Crippen LogP contribution in [0.3, 0.4) is 0 Å². The van der Waals surface area contributed by atoms with Crippen molar-refractivity contribution in [3.63, 3.8) is 0 Å². The first-order valence-corrected chi connectivity index (χ1v) is 6.89. The number of phenolic OH excluding ortho intramolecular Hbond substituents is 2. The predicted octanol–water partition coefficient (Wildman–Crippen LogP) is 2.33. The second-order valence-corrected chi connectivity index (χ2v) is 6.30. The molecule has 1 aromatic carbocycles. The maximum absolute atomic E-state index is 9.50. The van der Waals surface area contributed by atoms with Crippen LogP contribution in [0.5, 0.6) is 11.5 Å².